The van der Waals surface area contributed by atoms with Crippen molar-refractivity contribution in [2.45, 2.75) is 11.2 Å². The molecule has 2 heterocycles. The Labute approximate surface area is 121 Å². The topological polar surface area (TPSA) is 47.6 Å². The van der Waals surface area contributed by atoms with Crippen LogP contribution in [0.4, 0.5) is 14.5 Å². The van der Waals surface area contributed by atoms with E-state index >= 15 is 0 Å². The minimum absolute atomic E-state index is 0.0678. The Balaban J connectivity index is 1.78. The minimum Gasteiger partial charge on any atom is -0.395 e. The molecule has 1 N–H and O–H groups in total. The zero-order valence-electron chi connectivity index (χ0n) is 9.72. The van der Waals surface area contributed by atoms with E-state index in [4.69, 9.17) is 0 Å². The molecule has 1 aliphatic heterocycles. The molecule has 8 heteroatoms. The number of halogens is 2. The van der Waals surface area contributed by atoms with Crippen LogP contribution in [0.25, 0.3) is 0 Å². The SMILES string of the molecule is O=C(Nc1ccc2c(c1)OC(F)(F)O2)c1cc(S)cs1. The summed E-state index contributed by atoms with van der Waals surface area (Å²) in [6.07, 6.45) is -3.67. The van der Waals surface area contributed by atoms with E-state index < -0.39 is 6.29 Å². The van der Waals surface area contributed by atoms with Gasteiger partial charge in [-0.3, -0.25) is 4.79 Å². The van der Waals surface area contributed by atoms with Crippen molar-refractivity contribution in [3.63, 3.8) is 0 Å². The smallest absolute Gasteiger partial charge is 0.395 e. The lowest BCUT2D eigenvalue weighted by molar-refractivity contribution is -0.286. The highest BCUT2D eigenvalue weighted by Gasteiger charge is 2.43. The van der Waals surface area contributed by atoms with Crippen LogP contribution < -0.4 is 14.8 Å². The fourth-order valence-electron chi connectivity index (χ4n) is 1.66. The van der Waals surface area contributed by atoms with E-state index in [9.17, 15) is 13.6 Å². The largest absolute Gasteiger partial charge is 0.586 e. The van der Waals surface area contributed by atoms with Crippen molar-refractivity contribution in [3.05, 3.63) is 34.5 Å². The summed E-state index contributed by atoms with van der Waals surface area (Å²) in [6.45, 7) is 0. The molecule has 1 aromatic heterocycles. The number of carbonyl (C=O) groups is 1. The molecule has 1 aromatic carbocycles. The second kappa shape index (κ2) is 4.64. The molecule has 0 aliphatic carbocycles. The van der Waals surface area contributed by atoms with Crippen molar-refractivity contribution in [3.8, 4) is 11.5 Å². The van der Waals surface area contributed by atoms with Crippen LogP contribution in [0.3, 0.4) is 0 Å². The van der Waals surface area contributed by atoms with Gasteiger partial charge >= 0.3 is 6.29 Å². The Morgan fingerprint density at radius 2 is 2.00 bits per heavy atom. The number of hydrogen-bond donors (Lipinski definition) is 2. The molecule has 0 spiro atoms. The monoisotopic (exact) mass is 315 g/mol. The zero-order valence-corrected chi connectivity index (χ0v) is 11.4. The van der Waals surface area contributed by atoms with Crippen LogP contribution in [-0.2, 0) is 0 Å². The standard InChI is InChI=1S/C12H7F2NO3S2/c13-12(14)17-8-2-1-6(3-9(8)18-12)15-11(16)10-4-7(19)5-20-10/h1-5,19H,(H,15,16). The summed E-state index contributed by atoms with van der Waals surface area (Å²) in [5.41, 5.74) is 0.337. The molecule has 104 valence electrons. The number of benzene rings is 1. The molecule has 0 unspecified atom stereocenters. The Morgan fingerprint density at radius 3 is 2.70 bits per heavy atom. The van der Waals surface area contributed by atoms with Crippen molar-refractivity contribution in [1.29, 1.82) is 0 Å². The van der Waals surface area contributed by atoms with Crippen LogP contribution in [0.15, 0.2) is 34.5 Å². The summed E-state index contributed by atoms with van der Waals surface area (Å²) in [5.74, 6) is -0.531. The highest BCUT2D eigenvalue weighted by atomic mass is 32.1. The van der Waals surface area contributed by atoms with Crippen LogP contribution in [0.5, 0.6) is 11.5 Å². The number of alkyl halides is 2. The van der Waals surface area contributed by atoms with Crippen LogP contribution >= 0.6 is 24.0 Å². The lowest BCUT2D eigenvalue weighted by Gasteiger charge is -2.05. The molecule has 0 bridgehead atoms. The van der Waals surface area contributed by atoms with Gasteiger partial charge in [0, 0.05) is 22.0 Å². The quantitative estimate of drug-likeness (QED) is 0.832. The van der Waals surface area contributed by atoms with Gasteiger partial charge in [0.1, 0.15) is 0 Å². The average molecular weight is 315 g/mol. The van der Waals surface area contributed by atoms with Gasteiger partial charge in [0.05, 0.1) is 4.88 Å². The van der Waals surface area contributed by atoms with Gasteiger partial charge in [-0.05, 0) is 18.2 Å². The maximum Gasteiger partial charge on any atom is 0.586 e. The van der Waals surface area contributed by atoms with Gasteiger partial charge < -0.3 is 14.8 Å². The minimum atomic E-state index is -3.67. The Kier molecular flexibility index (Phi) is 3.06. The Bertz CT molecular complexity index is 687. The third-order valence-electron chi connectivity index (χ3n) is 2.47. The molecule has 0 radical (unpaired) electrons. The second-order valence-electron chi connectivity index (χ2n) is 3.95. The normalized spacial score (nSPS) is 15.2. The van der Waals surface area contributed by atoms with Crippen molar-refractivity contribution >= 4 is 35.6 Å². The van der Waals surface area contributed by atoms with Crippen LogP contribution in [0.1, 0.15) is 9.67 Å². The number of anilines is 1. The van der Waals surface area contributed by atoms with Crippen LogP contribution in [0, 0.1) is 0 Å². The number of carbonyl (C=O) groups excluding carboxylic acids is 1. The first-order chi connectivity index (χ1) is 9.43. The Morgan fingerprint density at radius 1 is 1.25 bits per heavy atom. The number of fused-ring (bicyclic) bond motifs is 1. The predicted molar refractivity (Wildman–Crippen MR) is 72.2 cm³/mol. The summed E-state index contributed by atoms with van der Waals surface area (Å²) in [5, 5.41) is 4.31. The second-order valence-corrected chi connectivity index (χ2v) is 5.38. The number of ether oxygens (including phenoxy) is 2. The van der Waals surface area contributed by atoms with Gasteiger partial charge in [-0.1, -0.05) is 0 Å². The van der Waals surface area contributed by atoms with Gasteiger partial charge in [-0.25, -0.2) is 0 Å². The van der Waals surface area contributed by atoms with E-state index in [1.54, 1.807) is 11.4 Å². The fraction of sp³-hybridized carbons (Fsp3) is 0.0833. The van der Waals surface area contributed by atoms with Gasteiger partial charge in [0.15, 0.2) is 11.5 Å². The first-order valence-corrected chi connectivity index (χ1v) is 6.74. The zero-order chi connectivity index (χ0) is 14.3. The third kappa shape index (κ3) is 2.56. The first kappa shape index (κ1) is 13.2. The molecule has 1 aliphatic rings. The molecule has 0 fully saturated rings. The fourth-order valence-corrected chi connectivity index (χ4v) is 2.71. The van der Waals surface area contributed by atoms with E-state index in [0.717, 1.165) is 0 Å². The van der Waals surface area contributed by atoms with Gasteiger partial charge in [0.2, 0.25) is 0 Å². The molecule has 3 rings (SSSR count). The number of thiophene rings is 1. The van der Waals surface area contributed by atoms with Gasteiger partial charge in [-0.2, -0.15) is 0 Å². The summed E-state index contributed by atoms with van der Waals surface area (Å²) >= 11 is 5.35. The molecular formula is C12H7F2NO3S2. The van der Waals surface area contributed by atoms with E-state index in [1.807, 2.05) is 0 Å². The molecule has 4 nitrogen and oxygen atoms in total. The molecule has 0 atom stereocenters. The van der Waals surface area contributed by atoms with E-state index in [2.05, 4.69) is 27.4 Å². The Hall–Kier alpha value is -1.80. The maximum absolute atomic E-state index is 12.9. The van der Waals surface area contributed by atoms with Gasteiger partial charge in [0.25, 0.3) is 5.91 Å². The number of nitrogens with one attached hydrogen (secondary N) is 1. The van der Waals surface area contributed by atoms with Crippen molar-refractivity contribution < 1.29 is 23.0 Å². The highest BCUT2D eigenvalue weighted by molar-refractivity contribution is 7.80. The van der Waals surface area contributed by atoms with E-state index in [-0.39, 0.29) is 17.4 Å². The number of thiol groups is 1. The summed E-state index contributed by atoms with van der Waals surface area (Å²) < 4.78 is 34.3. The number of hydrogen-bond acceptors (Lipinski definition) is 5. The van der Waals surface area contributed by atoms with E-state index in [0.29, 0.717) is 15.5 Å². The van der Waals surface area contributed by atoms with Crippen molar-refractivity contribution in [1.82, 2.24) is 0 Å². The van der Waals surface area contributed by atoms with Crippen molar-refractivity contribution in [2.24, 2.45) is 0 Å². The number of amides is 1. The molecule has 0 saturated carbocycles. The van der Waals surface area contributed by atoms with E-state index in [1.165, 1.54) is 29.5 Å². The highest BCUT2D eigenvalue weighted by Crippen LogP contribution is 2.42. The first-order valence-electron chi connectivity index (χ1n) is 5.42. The van der Waals surface area contributed by atoms with Crippen LogP contribution in [0.2, 0.25) is 0 Å². The predicted octanol–water partition coefficient (Wildman–Crippen LogP) is 3.61. The number of rotatable bonds is 2. The summed E-state index contributed by atoms with van der Waals surface area (Å²) in [4.78, 5) is 13.1. The molecule has 1 amide bonds. The van der Waals surface area contributed by atoms with Crippen LogP contribution in [-0.4, -0.2) is 12.2 Å². The average Bonchev–Trinajstić information content (AvgIpc) is 2.90. The third-order valence-corrected chi connectivity index (χ3v) is 3.83. The van der Waals surface area contributed by atoms with Gasteiger partial charge in [-0.15, -0.1) is 32.7 Å². The lowest BCUT2D eigenvalue weighted by Crippen LogP contribution is -2.25. The summed E-state index contributed by atoms with van der Waals surface area (Å²) in [6, 6.07) is 5.66. The molecular weight excluding hydrogens is 308 g/mol. The maximum atomic E-state index is 12.9. The summed E-state index contributed by atoms with van der Waals surface area (Å²) in [7, 11) is 0. The molecule has 2 aromatic rings. The lowest BCUT2D eigenvalue weighted by atomic mass is 10.2. The molecule has 20 heavy (non-hydrogen) atoms. The molecule has 0 saturated heterocycles. The van der Waals surface area contributed by atoms with Crippen molar-refractivity contribution in [2.75, 3.05) is 5.32 Å².